The number of nitrogens with zero attached hydrogens (tertiary/aromatic N) is 2. The van der Waals surface area contributed by atoms with Gasteiger partial charge < -0.3 is 4.98 Å². The summed E-state index contributed by atoms with van der Waals surface area (Å²) in [5.74, 6) is 0.315. The van der Waals surface area contributed by atoms with Gasteiger partial charge in [0, 0.05) is 30.9 Å². The van der Waals surface area contributed by atoms with Gasteiger partial charge in [0.05, 0.1) is 16.1 Å². The van der Waals surface area contributed by atoms with Gasteiger partial charge in [0.25, 0.3) is 0 Å². The molecule has 3 aromatic rings. The van der Waals surface area contributed by atoms with E-state index in [0.29, 0.717) is 23.9 Å². The lowest BCUT2D eigenvalue weighted by molar-refractivity contribution is 0.199. The summed E-state index contributed by atoms with van der Waals surface area (Å²) in [6, 6.07) is 12.6. The number of sulfonamides is 1. The third kappa shape index (κ3) is 2.54. The van der Waals surface area contributed by atoms with Crippen molar-refractivity contribution in [1.82, 2.24) is 14.3 Å². The topological polar surface area (TPSA) is 66.1 Å². The van der Waals surface area contributed by atoms with Crippen LogP contribution in [-0.4, -0.2) is 35.8 Å². The average molecular weight is 327 g/mol. The van der Waals surface area contributed by atoms with Crippen LogP contribution in [0, 0.1) is 5.92 Å². The molecule has 5 nitrogen and oxygen atoms in total. The third-order valence-corrected chi connectivity index (χ3v) is 6.18. The molecule has 3 heterocycles. The molecule has 23 heavy (non-hydrogen) atoms. The SMILES string of the molecule is O=S(=O)(c1ccccc1)N1CC(Cc2nccc3cc[nH]c23)C1. The van der Waals surface area contributed by atoms with Gasteiger partial charge in [0.2, 0.25) is 10.0 Å². The first-order chi connectivity index (χ1) is 11.1. The van der Waals surface area contributed by atoms with E-state index in [1.807, 2.05) is 30.6 Å². The van der Waals surface area contributed by atoms with Crippen LogP contribution >= 0.6 is 0 Å². The molecular weight excluding hydrogens is 310 g/mol. The van der Waals surface area contributed by atoms with Crippen molar-refractivity contribution in [2.24, 2.45) is 5.92 Å². The van der Waals surface area contributed by atoms with E-state index in [1.165, 1.54) is 0 Å². The van der Waals surface area contributed by atoms with Crippen molar-refractivity contribution in [3.05, 3.63) is 60.6 Å². The Balaban J connectivity index is 1.47. The smallest absolute Gasteiger partial charge is 0.243 e. The summed E-state index contributed by atoms with van der Waals surface area (Å²) in [7, 11) is -3.35. The van der Waals surface area contributed by atoms with Gasteiger partial charge in [-0.1, -0.05) is 18.2 Å². The first-order valence-electron chi connectivity index (χ1n) is 7.61. The number of benzene rings is 1. The molecule has 0 atom stereocenters. The molecule has 1 aromatic carbocycles. The first kappa shape index (κ1) is 14.4. The predicted molar refractivity (Wildman–Crippen MR) is 88.5 cm³/mol. The van der Waals surface area contributed by atoms with E-state index in [-0.39, 0.29) is 0 Å². The Kier molecular flexibility index (Phi) is 3.43. The second-order valence-electron chi connectivity index (χ2n) is 5.90. The standard InChI is InChI=1S/C17H17N3O2S/c21-23(22,15-4-2-1-3-5-15)20-11-13(12-20)10-16-17-14(6-8-18-16)7-9-19-17/h1-9,13,19H,10-12H2. The first-order valence-corrected chi connectivity index (χ1v) is 9.05. The summed E-state index contributed by atoms with van der Waals surface area (Å²) in [4.78, 5) is 8.03. The summed E-state index contributed by atoms with van der Waals surface area (Å²) >= 11 is 0. The highest BCUT2D eigenvalue weighted by Gasteiger charge is 2.36. The maximum absolute atomic E-state index is 12.5. The van der Waals surface area contributed by atoms with Crippen molar-refractivity contribution in [3.63, 3.8) is 0 Å². The van der Waals surface area contributed by atoms with Gasteiger partial charge in [0.1, 0.15) is 0 Å². The molecule has 4 rings (SSSR count). The lowest BCUT2D eigenvalue weighted by atomic mass is 9.96. The van der Waals surface area contributed by atoms with Crippen molar-refractivity contribution in [2.75, 3.05) is 13.1 Å². The van der Waals surface area contributed by atoms with Crippen molar-refractivity contribution in [1.29, 1.82) is 0 Å². The highest BCUT2D eigenvalue weighted by molar-refractivity contribution is 7.89. The zero-order chi connectivity index (χ0) is 15.9. The number of hydrogen-bond acceptors (Lipinski definition) is 3. The molecule has 0 saturated carbocycles. The van der Waals surface area contributed by atoms with E-state index in [0.717, 1.165) is 23.0 Å². The van der Waals surface area contributed by atoms with Crippen molar-refractivity contribution >= 4 is 20.9 Å². The molecule has 118 valence electrons. The Morgan fingerprint density at radius 1 is 1.13 bits per heavy atom. The number of aromatic amines is 1. The van der Waals surface area contributed by atoms with Gasteiger partial charge in [-0.3, -0.25) is 4.98 Å². The number of fused-ring (bicyclic) bond motifs is 1. The van der Waals surface area contributed by atoms with E-state index in [2.05, 4.69) is 9.97 Å². The second-order valence-corrected chi connectivity index (χ2v) is 7.84. The molecule has 0 unspecified atom stereocenters. The minimum absolute atomic E-state index is 0.315. The van der Waals surface area contributed by atoms with Gasteiger partial charge in [-0.15, -0.1) is 0 Å². The summed E-state index contributed by atoms with van der Waals surface area (Å²) in [6.45, 7) is 1.10. The molecular formula is C17H17N3O2S. The molecule has 1 aliphatic heterocycles. The van der Waals surface area contributed by atoms with E-state index in [1.54, 1.807) is 28.6 Å². The van der Waals surface area contributed by atoms with Gasteiger partial charge in [-0.2, -0.15) is 4.31 Å². The number of hydrogen-bond donors (Lipinski definition) is 1. The Hall–Kier alpha value is -2.18. The molecule has 1 N–H and O–H groups in total. The number of H-pyrrole nitrogens is 1. The average Bonchev–Trinajstić information content (AvgIpc) is 3.00. The largest absolute Gasteiger partial charge is 0.360 e. The molecule has 0 radical (unpaired) electrons. The Morgan fingerprint density at radius 3 is 2.70 bits per heavy atom. The zero-order valence-corrected chi connectivity index (χ0v) is 13.3. The summed E-state index contributed by atoms with van der Waals surface area (Å²) in [5.41, 5.74) is 2.06. The van der Waals surface area contributed by atoms with Crippen LogP contribution in [0.3, 0.4) is 0 Å². The molecule has 2 aromatic heterocycles. The number of rotatable bonds is 4. The Bertz CT molecular complexity index is 929. The molecule has 6 heteroatoms. The van der Waals surface area contributed by atoms with Crippen LogP contribution in [-0.2, 0) is 16.4 Å². The van der Waals surface area contributed by atoms with Crippen molar-refractivity contribution in [2.45, 2.75) is 11.3 Å². The molecule has 1 aliphatic rings. The van der Waals surface area contributed by atoms with Gasteiger partial charge in [0.15, 0.2) is 0 Å². The minimum Gasteiger partial charge on any atom is -0.360 e. The highest BCUT2D eigenvalue weighted by Crippen LogP contribution is 2.28. The Labute approximate surface area is 135 Å². The van der Waals surface area contributed by atoms with E-state index in [9.17, 15) is 8.42 Å². The quantitative estimate of drug-likeness (QED) is 0.800. The van der Waals surface area contributed by atoms with Gasteiger partial charge in [-0.25, -0.2) is 8.42 Å². The molecule has 0 aliphatic carbocycles. The van der Waals surface area contributed by atoms with Crippen LogP contribution in [0.15, 0.2) is 59.8 Å². The zero-order valence-electron chi connectivity index (χ0n) is 12.5. The fraction of sp³-hybridized carbons (Fsp3) is 0.235. The predicted octanol–water partition coefficient (Wildman–Crippen LogP) is 2.43. The van der Waals surface area contributed by atoms with Crippen LogP contribution in [0.5, 0.6) is 0 Å². The van der Waals surface area contributed by atoms with Crippen LogP contribution in [0.25, 0.3) is 10.9 Å². The van der Waals surface area contributed by atoms with Gasteiger partial charge >= 0.3 is 0 Å². The Morgan fingerprint density at radius 2 is 1.91 bits per heavy atom. The fourth-order valence-corrected chi connectivity index (χ4v) is 4.67. The van der Waals surface area contributed by atoms with Gasteiger partial charge in [-0.05, 0) is 36.6 Å². The number of nitrogens with one attached hydrogen (secondary N) is 1. The number of pyridine rings is 1. The van der Waals surface area contributed by atoms with E-state index >= 15 is 0 Å². The molecule has 1 saturated heterocycles. The molecule has 0 spiro atoms. The van der Waals surface area contributed by atoms with Crippen LogP contribution in [0.1, 0.15) is 5.69 Å². The summed E-state index contributed by atoms with van der Waals surface area (Å²) in [6.07, 6.45) is 4.50. The highest BCUT2D eigenvalue weighted by atomic mass is 32.2. The lowest BCUT2D eigenvalue weighted by Crippen LogP contribution is -2.50. The van der Waals surface area contributed by atoms with E-state index in [4.69, 9.17) is 0 Å². The second kappa shape index (κ2) is 5.47. The molecule has 0 amide bonds. The maximum atomic E-state index is 12.5. The molecule has 0 bridgehead atoms. The van der Waals surface area contributed by atoms with Crippen molar-refractivity contribution < 1.29 is 8.42 Å². The lowest BCUT2D eigenvalue weighted by Gasteiger charge is -2.38. The van der Waals surface area contributed by atoms with Crippen LogP contribution < -0.4 is 0 Å². The summed E-state index contributed by atoms with van der Waals surface area (Å²) in [5, 5.41) is 1.14. The molecule has 1 fully saturated rings. The van der Waals surface area contributed by atoms with Crippen LogP contribution in [0.4, 0.5) is 0 Å². The monoisotopic (exact) mass is 327 g/mol. The minimum atomic E-state index is -3.35. The maximum Gasteiger partial charge on any atom is 0.243 e. The summed E-state index contributed by atoms with van der Waals surface area (Å²) < 4.78 is 26.5. The van der Waals surface area contributed by atoms with Crippen LogP contribution in [0.2, 0.25) is 0 Å². The normalized spacial score (nSPS) is 16.5. The number of aromatic nitrogens is 2. The third-order valence-electron chi connectivity index (χ3n) is 4.34. The van der Waals surface area contributed by atoms with Crippen molar-refractivity contribution in [3.8, 4) is 0 Å². The fourth-order valence-electron chi connectivity index (χ4n) is 3.06. The van der Waals surface area contributed by atoms with E-state index < -0.39 is 10.0 Å².